The summed E-state index contributed by atoms with van der Waals surface area (Å²) in [4.78, 5) is 29.3. The van der Waals surface area contributed by atoms with E-state index in [1.165, 1.54) is 35.0 Å². The van der Waals surface area contributed by atoms with Gasteiger partial charge in [0.25, 0.3) is 0 Å². The number of Topliss-reactive ketones (excluding diaryl/α,β-unsaturated/α-hetero) is 1. The Kier molecular flexibility index (Phi) is 7.82. The highest BCUT2D eigenvalue weighted by atomic mass is 32.2. The van der Waals surface area contributed by atoms with Gasteiger partial charge >= 0.3 is 5.97 Å². The van der Waals surface area contributed by atoms with Crippen molar-refractivity contribution >= 4 is 33.1 Å². The Labute approximate surface area is 221 Å². The molecule has 8 nitrogen and oxygen atoms in total. The zero-order valence-corrected chi connectivity index (χ0v) is 22.8. The number of aromatic nitrogens is 1. The second-order valence-electron chi connectivity index (χ2n) is 9.32. The van der Waals surface area contributed by atoms with Crippen molar-refractivity contribution in [3.8, 4) is 5.75 Å². The summed E-state index contributed by atoms with van der Waals surface area (Å²) < 4.78 is 34.6. The largest absolute Gasteiger partial charge is 0.488 e. The Morgan fingerprint density at radius 1 is 1.24 bits per heavy atom. The molecule has 3 aromatic rings. The monoisotopic (exact) mass is 542 g/mol. The van der Waals surface area contributed by atoms with E-state index in [0.717, 1.165) is 21.6 Å². The number of thiophene rings is 1. The number of hydrogen-bond acceptors (Lipinski definition) is 7. The van der Waals surface area contributed by atoms with E-state index < -0.39 is 27.8 Å². The van der Waals surface area contributed by atoms with Gasteiger partial charge in [0.15, 0.2) is 5.78 Å². The van der Waals surface area contributed by atoms with Crippen LogP contribution in [0.3, 0.4) is 0 Å². The molecule has 0 spiro atoms. The highest BCUT2D eigenvalue weighted by molar-refractivity contribution is 7.89. The number of ether oxygens (including phenoxy) is 1. The minimum absolute atomic E-state index is 0.0347. The van der Waals surface area contributed by atoms with Crippen molar-refractivity contribution in [1.29, 1.82) is 0 Å². The van der Waals surface area contributed by atoms with Gasteiger partial charge < -0.3 is 9.84 Å². The molecule has 0 amide bonds. The van der Waals surface area contributed by atoms with Crippen LogP contribution in [0.1, 0.15) is 64.3 Å². The number of aryl methyl sites for hydroxylation is 1. The number of fused-ring (bicyclic) bond motifs is 1. The average Bonchev–Trinajstić information content (AvgIpc) is 3.31. The summed E-state index contributed by atoms with van der Waals surface area (Å²) in [5.74, 6) is -1.98. The van der Waals surface area contributed by atoms with E-state index in [1.807, 2.05) is 32.0 Å². The van der Waals surface area contributed by atoms with Crippen LogP contribution in [0.5, 0.6) is 5.75 Å². The molecular formula is C27H30N2O6S2. The van der Waals surface area contributed by atoms with Gasteiger partial charge in [-0.1, -0.05) is 32.0 Å². The van der Waals surface area contributed by atoms with Gasteiger partial charge in [-0.15, -0.1) is 11.3 Å². The summed E-state index contributed by atoms with van der Waals surface area (Å²) in [5.41, 5.74) is 2.42. The maximum absolute atomic E-state index is 13.6. The van der Waals surface area contributed by atoms with E-state index in [1.54, 1.807) is 25.1 Å². The van der Waals surface area contributed by atoms with Gasteiger partial charge in [-0.25, -0.2) is 8.42 Å². The van der Waals surface area contributed by atoms with E-state index in [4.69, 9.17) is 4.74 Å². The van der Waals surface area contributed by atoms with Crippen molar-refractivity contribution in [3.63, 3.8) is 0 Å². The third kappa shape index (κ3) is 5.46. The third-order valence-corrected chi connectivity index (χ3v) is 9.86. The van der Waals surface area contributed by atoms with Gasteiger partial charge in [0.2, 0.25) is 10.0 Å². The van der Waals surface area contributed by atoms with Crippen LogP contribution < -0.4 is 4.74 Å². The first-order chi connectivity index (χ1) is 17.5. The molecule has 0 saturated heterocycles. The van der Waals surface area contributed by atoms with Gasteiger partial charge in [-0.2, -0.15) is 4.31 Å². The summed E-state index contributed by atoms with van der Waals surface area (Å²) in [6.45, 7) is 7.26. The summed E-state index contributed by atoms with van der Waals surface area (Å²) in [5, 5.41) is 9.86. The lowest BCUT2D eigenvalue weighted by Crippen LogP contribution is -2.36. The summed E-state index contributed by atoms with van der Waals surface area (Å²) in [7, 11) is -3.88. The van der Waals surface area contributed by atoms with Crippen LogP contribution in [0.4, 0.5) is 0 Å². The number of aliphatic carboxylic acids is 1. The molecule has 0 bridgehead atoms. The van der Waals surface area contributed by atoms with Crippen LogP contribution in [-0.4, -0.2) is 47.2 Å². The number of hydrogen-bond donors (Lipinski definition) is 1. The lowest BCUT2D eigenvalue weighted by atomic mass is 9.84. The average molecular weight is 543 g/mol. The molecule has 0 saturated carbocycles. The maximum Gasteiger partial charge on any atom is 0.307 e. The first-order valence-corrected chi connectivity index (χ1v) is 14.3. The summed E-state index contributed by atoms with van der Waals surface area (Å²) in [6, 6.07) is 10.7. The number of ketones is 1. The van der Waals surface area contributed by atoms with E-state index >= 15 is 0 Å². The molecular weight excluding hydrogens is 512 g/mol. The van der Waals surface area contributed by atoms with Crippen LogP contribution in [0, 0.1) is 12.8 Å². The fourth-order valence-corrected chi connectivity index (χ4v) is 7.15. The minimum atomic E-state index is -3.88. The van der Waals surface area contributed by atoms with Gasteiger partial charge in [0.1, 0.15) is 16.7 Å². The molecule has 37 heavy (non-hydrogen) atoms. The predicted molar refractivity (Wildman–Crippen MR) is 141 cm³/mol. The normalized spacial score (nSPS) is 18.8. The molecule has 4 rings (SSSR count). The Hall–Kier alpha value is -3.08. The molecule has 2 aromatic heterocycles. The SMILES string of the molecule is CC[C@@H]1CN(Cc2cc(C(c3ccc(C(C)=O)s3)[C@@H](C)C(=O)O)ccc2C)S(=O)(=O)c2cnccc2O1. The van der Waals surface area contributed by atoms with Crippen molar-refractivity contribution in [2.75, 3.05) is 6.54 Å². The van der Waals surface area contributed by atoms with Gasteiger partial charge in [0.05, 0.1) is 23.5 Å². The van der Waals surface area contributed by atoms with Gasteiger partial charge in [-0.3, -0.25) is 14.6 Å². The number of carbonyl (C=O) groups excluding carboxylic acids is 1. The molecule has 196 valence electrons. The van der Waals surface area contributed by atoms with Crippen molar-refractivity contribution in [1.82, 2.24) is 9.29 Å². The lowest BCUT2D eigenvalue weighted by Gasteiger charge is -2.25. The second-order valence-corrected chi connectivity index (χ2v) is 12.3. The fraction of sp³-hybridized carbons (Fsp3) is 0.370. The third-order valence-electron chi connectivity index (χ3n) is 6.77. The predicted octanol–water partition coefficient (Wildman–Crippen LogP) is 4.87. The van der Waals surface area contributed by atoms with Crippen molar-refractivity contribution in [3.05, 3.63) is 75.2 Å². The van der Waals surface area contributed by atoms with Gasteiger partial charge in [0, 0.05) is 23.5 Å². The molecule has 1 aromatic carbocycles. The number of benzene rings is 1. The number of nitrogens with zero attached hydrogens (tertiary/aromatic N) is 2. The number of carboxylic acid groups (broad SMARTS) is 1. The van der Waals surface area contributed by atoms with E-state index in [-0.39, 0.29) is 29.9 Å². The fourth-order valence-electron chi connectivity index (χ4n) is 4.50. The zero-order chi connectivity index (χ0) is 26.9. The zero-order valence-electron chi connectivity index (χ0n) is 21.2. The van der Waals surface area contributed by atoms with E-state index in [2.05, 4.69) is 4.98 Å². The minimum Gasteiger partial charge on any atom is -0.488 e. The molecule has 0 fully saturated rings. The molecule has 3 atom stereocenters. The standard InChI is InChI=1S/C27H30N2O6S2/c1-5-21-15-29(37(33,34)25-13-28-11-10-22(25)35-21)14-20-12-19(7-6-16(20)2)26(17(3)27(31)32)24-9-8-23(36-24)18(4)30/h6-13,17,21,26H,5,14-15H2,1-4H3,(H,31,32)/t17-,21-,26?/m1/s1. The summed E-state index contributed by atoms with van der Waals surface area (Å²) >= 11 is 1.29. The molecule has 1 aliphatic rings. The molecule has 1 N–H and O–H groups in total. The number of rotatable bonds is 8. The quantitative estimate of drug-likeness (QED) is 0.404. The Morgan fingerprint density at radius 3 is 2.65 bits per heavy atom. The molecule has 10 heteroatoms. The molecule has 0 radical (unpaired) electrons. The topological polar surface area (TPSA) is 114 Å². The highest BCUT2D eigenvalue weighted by Crippen LogP contribution is 2.38. The van der Waals surface area contributed by atoms with Crippen molar-refractivity contribution in [2.45, 2.75) is 57.6 Å². The van der Waals surface area contributed by atoms with E-state index in [0.29, 0.717) is 17.0 Å². The molecule has 1 aliphatic heterocycles. The van der Waals surface area contributed by atoms with E-state index in [9.17, 15) is 23.1 Å². The van der Waals surface area contributed by atoms with Crippen LogP contribution in [0.2, 0.25) is 0 Å². The number of pyridine rings is 1. The first-order valence-electron chi connectivity index (χ1n) is 12.1. The van der Waals surface area contributed by atoms with Crippen LogP contribution in [0.25, 0.3) is 0 Å². The van der Waals surface area contributed by atoms with Crippen molar-refractivity contribution in [2.24, 2.45) is 5.92 Å². The van der Waals surface area contributed by atoms with Crippen LogP contribution in [-0.2, 0) is 21.4 Å². The van der Waals surface area contributed by atoms with Crippen LogP contribution in [0.15, 0.2) is 53.7 Å². The smallest absolute Gasteiger partial charge is 0.307 e. The molecule has 0 aliphatic carbocycles. The number of carbonyl (C=O) groups is 2. The number of carboxylic acids is 1. The Bertz CT molecular complexity index is 1430. The first kappa shape index (κ1) is 27.0. The second kappa shape index (κ2) is 10.7. The summed E-state index contributed by atoms with van der Waals surface area (Å²) in [6.07, 6.45) is 3.13. The Balaban J connectivity index is 1.75. The highest BCUT2D eigenvalue weighted by Gasteiger charge is 2.35. The van der Waals surface area contributed by atoms with Crippen molar-refractivity contribution < 1.29 is 27.9 Å². The van der Waals surface area contributed by atoms with Crippen LogP contribution >= 0.6 is 11.3 Å². The Morgan fingerprint density at radius 2 is 2.00 bits per heavy atom. The lowest BCUT2D eigenvalue weighted by molar-refractivity contribution is -0.141. The number of sulfonamides is 1. The molecule has 1 unspecified atom stereocenters. The maximum atomic E-state index is 13.6. The van der Waals surface area contributed by atoms with Gasteiger partial charge in [-0.05, 0) is 55.2 Å². The molecule has 3 heterocycles.